The van der Waals surface area contributed by atoms with Gasteiger partial charge in [0.2, 0.25) is 0 Å². The zero-order valence-electron chi connectivity index (χ0n) is 15.7. The Morgan fingerprint density at radius 1 is 1.14 bits per heavy atom. The molecular weight excluding hydrogens is 372 g/mol. The van der Waals surface area contributed by atoms with Gasteiger partial charge in [0, 0.05) is 41.3 Å². The Bertz CT molecular complexity index is 972. The van der Waals surface area contributed by atoms with Crippen LogP contribution < -0.4 is 10.9 Å². The fraction of sp³-hybridized carbons (Fsp3) is 0.238. The van der Waals surface area contributed by atoms with Gasteiger partial charge in [-0.05, 0) is 48.4 Å². The molecule has 0 atom stereocenters. The summed E-state index contributed by atoms with van der Waals surface area (Å²) in [6.07, 6.45) is 5.41. The molecular formula is C21H22N4O2S. The summed E-state index contributed by atoms with van der Waals surface area (Å²) in [5.74, 6) is 0.504. The van der Waals surface area contributed by atoms with Crippen LogP contribution in [0.15, 0.2) is 70.6 Å². The van der Waals surface area contributed by atoms with Gasteiger partial charge in [-0.3, -0.25) is 14.6 Å². The van der Waals surface area contributed by atoms with Crippen LogP contribution in [-0.2, 0) is 12.3 Å². The summed E-state index contributed by atoms with van der Waals surface area (Å²) in [4.78, 5) is 29.5. The third-order valence-electron chi connectivity index (χ3n) is 4.06. The minimum atomic E-state index is -0.332. The van der Waals surface area contributed by atoms with Gasteiger partial charge in [-0.2, -0.15) is 5.10 Å². The Morgan fingerprint density at radius 3 is 2.68 bits per heavy atom. The predicted molar refractivity (Wildman–Crippen MR) is 112 cm³/mol. The predicted octanol–water partition coefficient (Wildman–Crippen LogP) is 3.98. The first-order chi connectivity index (χ1) is 13.7. The van der Waals surface area contributed by atoms with Gasteiger partial charge in [0.1, 0.15) is 5.69 Å². The van der Waals surface area contributed by atoms with Crippen LogP contribution in [0, 0.1) is 0 Å². The molecule has 0 aliphatic rings. The quantitative estimate of drug-likeness (QED) is 0.585. The van der Waals surface area contributed by atoms with Crippen molar-refractivity contribution < 1.29 is 4.79 Å². The van der Waals surface area contributed by atoms with E-state index in [2.05, 4.69) is 15.4 Å². The van der Waals surface area contributed by atoms with Gasteiger partial charge in [-0.25, -0.2) is 4.68 Å². The van der Waals surface area contributed by atoms with E-state index in [4.69, 9.17) is 0 Å². The van der Waals surface area contributed by atoms with Gasteiger partial charge >= 0.3 is 0 Å². The minimum absolute atomic E-state index is 0.194. The van der Waals surface area contributed by atoms with Gasteiger partial charge in [0.25, 0.3) is 11.5 Å². The molecule has 3 rings (SSSR count). The molecule has 3 aromatic rings. The Labute approximate surface area is 168 Å². The van der Waals surface area contributed by atoms with E-state index < -0.39 is 0 Å². The SMILES string of the molecule is CCCCn1nc(C(=O)Nc2ccc(SCc3cccnc3)cc2)ccc1=O. The minimum Gasteiger partial charge on any atom is -0.321 e. The number of carbonyl (C=O) groups excluding carboxylic acids is 1. The number of anilines is 1. The Balaban J connectivity index is 1.60. The fourth-order valence-electron chi connectivity index (χ4n) is 2.52. The maximum atomic E-state index is 12.4. The second-order valence-corrected chi connectivity index (χ2v) is 7.31. The molecule has 1 N–H and O–H groups in total. The van der Waals surface area contributed by atoms with E-state index in [-0.39, 0.29) is 17.2 Å². The molecule has 0 saturated carbocycles. The average Bonchev–Trinajstić information content (AvgIpc) is 2.73. The summed E-state index contributed by atoms with van der Waals surface area (Å²) in [6, 6.07) is 14.5. The van der Waals surface area contributed by atoms with Crippen molar-refractivity contribution in [2.24, 2.45) is 0 Å². The van der Waals surface area contributed by atoms with Crippen molar-refractivity contribution >= 4 is 23.4 Å². The van der Waals surface area contributed by atoms with Crippen LogP contribution in [-0.4, -0.2) is 20.7 Å². The van der Waals surface area contributed by atoms with Crippen molar-refractivity contribution in [3.05, 3.63) is 82.5 Å². The molecule has 0 spiro atoms. The highest BCUT2D eigenvalue weighted by atomic mass is 32.2. The molecule has 0 fully saturated rings. The molecule has 144 valence electrons. The number of benzene rings is 1. The number of carbonyl (C=O) groups is 1. The topological polar surface area (TPSA) is 76.9 Å². The first-order valence-electron chi connectivity index (χ1n) is 9.17. The summed E-state index contributed by atoms with van der Waals surface area (Å²) in [5, 5.41) is 6.99. The van der Waals surface area contributed by atoms with Crippen molar-refractivity contribution in [1.29, 1.82) is 0 Å². The van der Waals surface area contributed by atoms with Crippen LogP contribution >= 0.6 is 11.8 Å². The summed E-state index contributed by atoms with van der Waals surface area (Å²) in [5.41, 5.74) is 1.88. The lowest BCUT2D eigenvalue weighted by molar-refractivity contribution is 0.101. The maximum Gasteiger partial charge on any atom is 0.276 e. The Kier molecular flexibility index (Phi) is 6.97. The number of aryl methyl sites for hydroxylation is 1. The summed E-state index contributed by atoms with van der Waals surface area (Å²) >= 11 is 1.71. The summed E-state index contributed by atoms with van der Waals surface area (Å²) in [7, 11) is 0. The van der Waals surface area contributed by atoms with Crippen LogP contribution in [0.3, 0.4) is 0 Å². The zero-order chi connectivity index (χ0) is 19.8. The number of nitrogens with zero attached hydrogens (tertiary/aromatic N) is 3. The van der Waals surface area contributed by atoms with E-state index in [9.17, 15) is 9.59 Å². The first kappa shape index (κ1) is 19.8. The molecule has 0 bridgehead atoms. The lowest BCUT2D eigenvalue weighted by Crippen LogP contribution is -2.26. The third-order valence-corrected chi connectivity index (χ3v) is 5.15. The normalized spacial score (nSPS) is 10.6. The van der Waals surface area contributed by atoms with Crippen molar-refractivity contribution in [3.8, 4) is 0 Å². The molecule has 2 aromatic heterocycles. The number of amides is 1. The zero-order valence-corrected chi connectivity index (χ0v) is 16.5. The highest BCUT2D eigenvalue weighted by molar-refractivity contribution is 7.98. The molecule has 1 aromatic carbocycles. The second-order valence-electron chi connectivity index (χ2n) is 6.26. The summed E-state index contributed by atoms with van der Waals surface area (Å²) < 4.78 is 1.34. The largest absolute Gasteiger partial charge is 0.321 e. The third kappa shape index (κ3) is 5.53. The van der Waals surface area contributed by atoms with Crippen LogP contribution in [0.25, 0.3) is 0 Å². The number of thioether (sulfide) groups is 1. The molecule has 0 unspecified atom stereocenters. The van der Waals surface area contributed by atoms with Crippen LogP contribution in [0.5, 0.6) is 0 Å². The average molecular weight is 395 g/mol. The van der Waals surface area contributed by atoms with Gasteiger partial charge in [0.15, 0.2) is 0 Å². The number of hydrogen-bond acceptors (Lipinski definition) is 5. The molecule has 7 heteroatoms. The summed E-state index contributed by atoms with van der Waals surface area (Å²) in [6.45, 7) is 2.56. The van der Waals surface area contributed by atoms with E-state index in [0.717, 1.165) is 29.1 Å². The van der Waals surface area contributed by atoms with Crippen molar-refractivity contribution in [3.63, 3.8) is 0 Å². The number of hydrogen-bond donors (Lipinski definition) is 1. The second kappa shape index (κ2) is 9.85. The highest BCUT2D eigenvalue weighted by Crippen LogP contribution is 2.24. The standard InChI is InChI=1S/C21H22N4O2S/c1-2-3-13-25-20(26)11-10-19(24-25)21(27)23-17-6-8-18(9-7-17)28-15-16-5-4-12-22-14-16/h4-12,14H,2-3,13,15H2,1H3,(H,23,27). The molecule has 28 heavy (non-hydrogen) atoms. The van der Waals surface area contributed by atoms with Crippen LogP contribution in [0.4, 0.5) is 5.69 Å². The number of rotatable bonds is 8. The molecule has 0 aliphatic heterocycles. The monoisotopic (exact) mass is 394 g/mol. The van der Waals surface area contributed by atoms with E-state index in [0.29, 0.717) is 12.2 Å². The van der Waals surface area contributed by atoms with Crippen LogP contribution in [0.1, 0.15) is 35.8 Å². The Hall–Kier alpha value is -2.93. The van der Waals surface area contributed by atoms with E-state index in [1.54, 1.807) is 18.0 Å². The Morgan fingerprint density at radius 2 is 1.96 bits per heavy atom. The van der Waals surface area contributed by atoms with Gasteiger partial charge in [-0.15, -0.1) is 11.8 Å². The van der Waals surface area contributed by atoms with Crippen molar-refractivity contribution in [2.45, 2.75) is 37.0 Å². The van der Waals surface area contributed by atoms with Crippen molar-refractivity contribution in [1.82, 2.24) is 14.8 Å². The van der Waals surface area contributed by atoms with Gasteiger partial charge < -0.3 is 5.32 Å². The maximum absolute atomic E-state index is 12.4. The van der Waals surface area contributed by atoms with E-state index in [1.807, 2.05) is 49.5 Å². The molecule has 1 amide bonds. The van der Waals surface area contributed by atoms with Gasteiger partial charge in [-0.1, -0.05) is 19.4 Å². The number of aromatic nitrogens is 3. The fourth-order valence-corrected chi connectivity index (χ4v) is 3.35. The van der Waals surface area contributed by atoms with E-state index >= 15 is 0 Å². The van der Waals surface area contributed by atoms with Crippen LogP contribution in [0.2, 0.25) is 0 Å². The molecule has 6 nitrogen and oxygen atoms in total. The molecule has 0 aliphatic carbocycles. The molecule has 2 heterocycles. The smallest absolute Gasteiger partial charge is 0.276 e. The molecule has 0 saturated heterocycles. The van der Waals surface area contributed by atoms with Gasteiger partial charge in [0.05, 0.1) is 0 Å². The molecule has 0 radical (unpaired) electrons. The first-order valence-corrected chi connectivity index (χ1v) is 10.2. The van der Waals surface area contributed by atoms with E-state index in [1.165, 1.54) is 16.8 Å². The number of unbranched alkanes of at least 4 members (excludes halogenated alkanes) is 1. The lowest BCUT2D eigenvalue weighted by atomic mass is 10.3. The number of nitrogens with one attached hydrogen (secondary N) is 1. The lowest BCUT2D eigenvalue weighted by Gasteiger charge is -2.08. The van der Waals surface area contributed by atoms with Crippen molar-refractivity contribution in [2.75, 3.05) is 5.32 Å². The highest BCUT2D eigenvalue weighted by Gasteiger charge is 2.10. The number of pyridine rings is 1.